The van der Waals surface area contributed by atoms with Crippen LogP contribution in [0.15, 0.2) is 24.3 Å². The molecule has 1 aromatic heterocycles. The molecule has 0 spiro atoms. The Labute approximate surface area is 153 Å². The summed E-state index contributed by atoms with van der Waals surface area (Å²) in [4.78, 5) is 14.2. The van der Waals surface area contributed by atoms with Crippen LogP contribution in [0, 0.1) is 0 Å². The molecule has 1 amide bonds. The maximum absolute atomic E-state index is 12.3. The molecule has 1 atom stereocenters. The van der Waals surface area contributed by atoms with Crippen LogP contribution in [0.5, 0.6) is 0 Å². The summed E-state index contributed by atoms with van der Waals surface area (Å²) in [6.45, 7) is 5.29. The maximum Gasteiger partial charge on any atom is 0.242 e. The van der Waals surface area contributed by atoms with Crippen LogP contribution in [0.4, 0.5) is 5.69 Å². The Kier molecular flexibility index (Phi) is 4.88. The molecule has 3 heterocycles. The van der Waals surface area contributed by atoms with E-state index in [0.717, 1.165) is 43.1 Å². The monoisotopic (exact) mass is 355 g/mol. The minimum atomic E-state index is 0.114. The van der Waals surface area contributed by atoms with Crippen LogP contribution < -0.4 is 5.32 Å². The van der Waals surface area contributed by atoms with Crippen molar-refractivity contribution in [3.8, 4) is 0 Å². The van der Waals surface area contributed by atoms with E-state index in [1.54, 1.807) is 0 Å². The number of hydrogen-bond donors (Lipinski definition) is 1. The van der Waals surface area contributed by atoms with Crippen molar-refractivity contribution in [3.63, 3.8) is 0 Å². The van der Waals surface area contributed by atoms with E-state index in [4.69, 9.17) is 4.74 Å². The van der Waals surface area contributed by atoms with E-state index in [0.29, 0.717) is 26.2 Å². The van der Waals surface area contributed by atoms with Crippen LogP contribution in [-0.4, -0.2) is 57.9 Å². The van der Waals surface area contributed by atoms with Gasteiger partial charge < -0.3 is 19.5 Å². The van der Waals surface area contributed by atoms with Crippen LogP contribution in [0.3, 0.4) is 0 Å². The van der Waals surface area contributed by atoms with Crippen LogP contribution in [-0.2, 0) is 28.9 Å². The molecule has 1 N–H and O–H groups in total. The summed E-state index contributed by atoms with van der Waals surface area (Å²) in [5.74, 6) is 2.26. The number of carbonyl (C=O) groups is 1. The van der Waals surface area contributed by atoms with E-state index in [-0.39, 0.29) is 12.0 Å². The lowest BCUT2D eigenvalue weighted by Crippen LogP contribution is -2.46. The molecule has 1 aromatic carbocycles. The first-order chi connectivity index (χ1) is 12.7. The summed E-state index contributed by atoms with van der Waals surface area (Å²) in [7, 11) is 0. The standard InChI is InChI=1S/C19H25N5O2/c1-14-13-23(9-10-26-14)19(25)12-20-16-6-4-15(5-7-16)11-18-22-21-17-3-2-8-24(17)18/h4-7,14,20H,2-3,8-13H2,1H3. The molecule has 0 aliphatic carbocycles. The molecule has 0 radical (unpaired) electrons. The van der Waals surface area contributed by atoms with E-state index in [1.165, 1.54) is 5.56 Å². The first kappa shape index (κ1) is 17.0. The smallest absolute Gasteiger partial charge is 0.242 e. The number of morpholine rings is 1. The molecule has 0 saturated carbocycles. The lowest BCUT2D eigenvalue weighted by molar-refractivity contribution is -0.136. The van der Waals surface area contributed by atoms with Gasteiger partial charge in [0, 0.05) is 38.2 Å². The topological polar surface area (TPSA) is 72.3 Å². The predicted molar refractivity (Wildman–Crippen MR) is 98.1 cm³/mol. The summed E-state index contributed by atoms with van der Waals surface area (Å²) in [6.07, 6.45) is 3.10. The number of nitrogens with zero attached hydrogens (tertiary/aromatic N) is 4. The summed E-state index contributed by atoms with van der Waals surface area (Å²) < 4.78 is 7.71. The molecule has 1 unspecified atom stereocenters. The second-order valence-corrected chi connectivity index (χ2v) is 7.04. The highest BCUT2D eigenvalue weighted by molar-refractivity contribution is 5.81. The zero-order valence-electron chi connectivity index (χ0n) is 15.1. The van der Waals surface area contributed by atoms with Crippen LogP contribution in [0.1, 0.15) is 30.6 Å². The van der Waals surface area contributed by atoms with Gasteiger partial charge in [-0.1, -0.05) is 12.1 Å². The van der Waals surface area contributed by atoms with Crippen LogP contribution >= 0.6 is 0 Å². The third-order valence-electron chi connectivity index (χ3n) is 5.04. The van der Waals surface area contributed by atoms with Crippen molar-refractivity contribution in [1.29, 1.82) is 0 Å². The van der Waals surface area contributed by atoms with Gasteiger partial charge in [0.05, 0.1) is 19.3 Å². The number of ether oxygens (including phenoxy) is 1. The molecule has 26 heavy (non-hydrogen) atoms. The number of hydrogen-bond acceptors (Lipinski definition) is 5. The number of benzene rings is 1. The first-order valence-electron chi connectivity index (χ1n) is 9.32. The molecule has 7 heteroatoms. The largest absolute Gasteiger partial charge is 0.376 e. The summed E-state index contributed by atoms with van der Waals surface area (Å²) in [5.41, 5.74) is 2.15. The Hall–Kier alpha value is -2.41. The van der Waals surface area contributed by atoms with E-state index in [1.807, 2.05) is 24.0 Å². The molecular formula is C19H25N5O2. The highest BCUT2D eigenvalue weighted by Gasteiger charge is 2.21. The van der Waals surface area contributed by atoms with E-state index in [2.05, 4.69) is 32.2 Å². The highest BCUT2D eigenvalue weighted by Crippen LogP contribution is 2.18. The molecule has 2 aliphatic heterocycles. The highest BCUT2D eigenvalue weighted by atomic mass is 16.5. The molecule has 138 valence electrons. The Balaban J connectivity index is 1.31. The van der Waals surface area contributed by atoms with E-state index in [9.17, 15) is 4.79 Å². The summed E-state index contributed by atoms with van der Waals surface area (Å²) >= 11 is 0. The Morgan fingerprint density at radius 2 is 2.12 bits per heavy atom. The van der Waals surface area contributed by atoms with Crippen molar-refractivity contribution < 1.29 is 9.53 Å². The zero-order valence-corrected chi connectivity index (χ0v) is 15.1. The second kappa shape index (κ2) is 7.45. The number of aryl methyl sites for hydroxylation is 1. The van der Waals surface area contributed by atoms with Crippen LogP contribution in [0.2, 0.25) is 0 Å². The summed E-state index contributed by atoms with van der Waals surface area (Å²) in [6, 6.07) is 8.21. The number of carbonyl (C=O) groups excluding carboxylic acids is 1. The normalized spacial score (nSPS) is 19.4. The van der Waals surface area contributed by atoms with Gasteiger partial charge in [-0.05, 0) is 31.0 Å². The van der Waals surface area contributed by atoms with Gasteiger partial charge in [-0.15, -0.1) is 10.2 Å². The fraction of sp³-hybridized carbons (Fsp3) is 0.526. The average Bonchev–Trinajstić information content (AvgIpc) is 3.26. The SMILES string of the molecule is CC1CN(C(=O)CNc2ccc(Cc3nnc4n3CCC4)cc2)CCO1. The van der Waals surface area contributed by atoms with Gasteiger partial charge in [-0.2, -0.15) is 0 Å². The van der Waals surface area contributed by atoms with E-state index < -0.39 is 0 Å². The van der Waals surface area contributed by atoms with Gasteiger partial charge in [-0.25, -0.2) is 0 Å². The third kappa shape index (κ3) is 3.72. The van der Waals surface area contributed by atoms with Crippen molar-refractivity contribution in [2.75, 3.05) is 31.6 Å². The lowest BCUT2D eigenvalue weighted by atomic mass is 10.1. The van der Waals surface area contributed by atoms with Crippen molar-refractivity contribution in [2.24, 2.45) is 0 Å². The number of fused-ring (bicyclic) bond motifs is 1. The fourth-order valence-corrected chi connectivity index (χ4v) is 3.60. The molecular weight excluding hydrogens is 330 g/mol. The number of nitrogens with one attached hydrogen (secondary N) is 1. The number of amides is 1. The van der Waals surface area contributed by atoms with Gasteiger partial charge in [0.1, 0.15) is 11.6 Å². The van der Waals surface area contributed by atoms with Crippen LogP contribution in [0.25, 0.3) is 0 Å². The minimum absolute atomic E-state index is 0.114. The van der Waals surface area contributed by atoms with Crippen molar-refractivity contribution >= 4 is 11.6 Å². The molecule has 1 fully saturated rings. The Bertz CT molecular complexity index is 771. The second-order valence-electron chi connectivity index (χ2n) is 7.04. The molecule has 1 saturated heterocycles. The quantitative estimate of drug-likeness (QED) is 0.879. The van der Waals surface area contributed by atoms with Gasteiger partial charge in [0.15, 0.2) is 0 Å². The first-order valence-corrected chi connectivity index (χ1v) is 9.32. The number of rotatable bonds is 5. The lowest BCUT2D eigenvalue weighted by Gasteiger charge is -2.31. The Morgan fingerprint density at radius 1 is 1.27 bits per heavy atom. The predicted octanol–water partition coefficient (Wildman–Crippen LogP) is 1.47. The third-order valence-corrected chi connectivity index (χ3v) is 5.04. The van der Waals surface area contributed by atoms with Gasteiger partial charge >= 0.3 is 0 Å². The number of anilines is 1. The van der Waals surface area contributed by atoms with Crippen molar-refractivity contribution in [2.45, 2.75) is 38.8 Å². The molecule has 4 rings (SSSR count). The molecule has 0 bridgehead atoms. The Morgan fingerprint density at radius 3 is 2.92 bits per heavy atom. The maximum atomic E-state index is 12.3. The van der Waals surface area contributed by atoms with Gasteiger partial charge in [0.2, 0.25) is 5.91 Å². The fourth-order valence-electron chi connectivity index (χ4n) is 3.60. The molecule has 2 aromatic rings. The van der Waals surface area contributed by atoms with Gasteiger partial charge in [-0.3, -0.25) is 4.79 Å². The average molecular weight is 355 g/mol. The zero-order chi connectivity index (χ0) is 17.9. The minimum Gasteiger partial charge on any atom is -0.376 e. The van der Waals surface area contributed by atoms with Crippen molar-refractivity contribution in [1.82, 2.24) is 19.7 Å². The van der Waals surface area contributed by atoms with E-state index >= 15 is 0 Å². The molecule has 7 nitrogen and oxygen atoms in total. The molecule has 2 aliphatic rings. The van der Waals surface area contributed by atoms with Gasteiger partial charge in [0.25, 0.3) is 0 Å². The van der Waals surface area contributed by atoms with Crippen molar-refractivity contribution in [3.05, 3.63) is 41.5 Å². The summed E-state index contributed by atoms with van der Waals surface area (Å²) in [5, 5.41) is 11.8. The number of aromatic nitrogens is 3.